The second kappa shape index (κ2) is 9.32. The molecule has 1 heterocycles. The summed E-state index contributed by atoms with van der Waals surface area (Å²) in [5.41, 5.74) is 4.02. The summed E-state index contributed by atoms with van der Waals surface area (Å²) in [6.07, 6.45) is 2.76. The average Bonchev–Trinajstić information content (AvgIpc) is 3.10. The predicted octanol–water partition coefficient (Wildman–Crippen LogP) is 7.37. The molecule has 1 aliphatic carbocycles. The van der Waals surface area contributed by atoms with E-state index in [2.05, 4.69) is 31.4 Å². The van der Waals surface area contributed by atoms with E-state index in [1.54, 1.807) is 24.3 Å². The van der Waals surface area contributed by atoms with Gasteiger partial charge in [0.2, 0.25) is 0 Å². The average molecular weight is 481 g/mol. The third-order valence-electron chi connectivity index (χ3n) is 6.34. The van der Waals surface area contributed by atoms with Crippen molar-refractivity contribution in [2.24, 2.45) is 11.3 Å². The number of benzene rings is 2. The molecule has 0 spiro atoms. The van der Waals surface area contributed by atoms with Gasteiger partial charge in [0, 0.05) is 10.6 Å². The standard InChI is InChI=1S/C27H29ClN2O2S/c1-16-8-7-9-18(14-16)29-25(32)23-20-13-12-17(27(2,3)4)15-22(20)33-26(23)30-24(31)19-10-5-6-11-21(19)28/h5-11,14,17H,12-13,15H2,1-4H3,(H,29,32)(H,30,31). The summed E-state index contributed by atoms with van der Waals surface area (Å²) in [5.74, 6) is 0.0291. The van der Waals surface area contributed by atoms with Crippen molar-refractivity contribution in [3.05, 3.63) is 80.7 Å². The molecule has 0 aliphatic heterocycles. The lowest BCUT2D eigenvalue weighted by atomic mass is 9.72. The van der Waals surface area contributed by atoms with E-state index in [0.29, 0.717) is 27.1 Å². The summed E-state index contributed by atoms with van der Waals surface area (Å²) in [5, 5.41) is 6.99. The molecule has 1 unspecified atom stereocenters. The van der Waals surface area contributed by atoms with E-state index in [0.717, 1.165) is 36.1 Å². The summed E-state index contributed by atoms with van der Waals surface area (Å²) in [6, 6.07) is 14.7. The Labute approximate surface area is 204 Å². The molecule has 0 saturated carbocycles. The van der Waals surface area contributed by atoms with E-state index in [1.807, 2.05) is 31.2 Å². The van der Waals surface area contributed by atoms with Gasteiger partial charge < -0.3 is 10.6 Å². The van der Waals surface area contributed by atoms with Gasteiger partial charge in [-0.2, -0.15) is 0 Å². The van der Waals surface area contributed by atoms with E-state index < -0.39 is 0 Å². The normalized spacial score (nSPS) is 15.6. The molecule has 1 aromatic heterocycles. The third-order valence-corrected chi connectivity index (χ3v) is 7.84. The summed E-state index contributed by atoms with van der Waals surface area (Å²) in [6.45, 7) is 8.79. The number of rotatable bonds is 4. The Morgan fingerprint density at radius 1 is 1.03 bits per heavy atom. The van der Waals surface area contributed by atoms with Crippen LogP contribution in [0, 0.1) is 18.3 Å². The molecule has 2 N–H and O–H groups in total. The molecular weight excluding hydrogens is 452 g/mol. The highest BCUT2D eigenvalue weighted by Crippen LogP contribution is 2.44. The smallest absolute Gasteiger partial charge is 0.258 e. The van der Waals surface area contributed by atoms with Crippen LogP contribution in [0.5, 0.6) is 0 Å². The number of anilines is 2. The van der Waals surface area contributed by atoms with Gasteiger partial charge >= 0.3 is 0 Å². The topological polar surface area (TPSA) is 58.2 Å². The number of amides is 2. The summed E-state index contributed by atoms with van der Waals surface area (Å²) in [4.78, 5) is 27.7. The Kier molecular flexibility index (Phi) is 6.64. The molecule has 2 amide bonds. The summed E-state index contributed by atoms with van der Waals surface area (Å²) in [7, 11) is 0. The maximum atomic E-state index is 13.5. The molecule has 1 aliphatic rings. The summed E-state index contributed by atoms with van der Waals surface area (Å²) >= 11 is 7.76. The Balaban J connectivity index is 1.70. The molecule has 172 valence electrons. The minimum absolute atomic E-state index is 0.187. The van der Waals surface area contributed by atoms with Gasteiger partial charge in [-0.1, -0.05) is 56.6 Å². The van der Waals surface area contributed by atoms with Crippen LogP contribution in [0.4, 0.5) is 10.7 Å². The quantitative estimate of drug-likeness (QED) is 0.409. The lowest BCUT2D eigenvalue weighted by Gasteiger charge is -2.33. The third kappa shape index (κ3) is 5.15. The molecule has 0 radical (unpaired) electrons. The number of thiophene rings is 1. The second-order valence-corrected chi connectivity index (χ2v) is 11.3. The van der Waals surface area contributed by atoms with E-state index in [4.69, 9.17) is 11.6 Å². The first kappa shape index (κ1) is 23.5. The highest BCUT2D eigenvalue weighted by Gasteiger charge is 2.34. The van der Waals surface area contributed by atoms with E-state index >= 15 is 0 Å². The Morgan fingerprint density at radius 2 is 1.79 bits per heavy atom. The molecule has 0 fully saturated rings. The number of carbonyl (C=O) groups is 2. The highest BCUT2D eigenvalue weighted by molar-refractivity contribution is 7.17. The van der Waals surface area contributed by atoms with Gasteiger partial charge in [-0.05, 0) is 72.9 Å². The van der Waals surface area contributed by atoms with Crippen LogP contribution in [0.3, 0.4) is 0 Å². The van der Waals surface area contributed by atoms with Crippen molar-refractivity contribution >= 4 is 45.4 Å². The van der Waals surface area contributed by atoms with Crippen LogP contribution in [0.2, 0.25) is 5.02 Å². The van der Waals surface area contributed by atoms with Gasteiger partial charge in [0.15, 0.2) is 0 Å². The highest BCUT2D eigenvalue weighted by atomic mass is 35.5. The van der Waals surface area contributed by atoms with Crippen molar-refractivity contribution in [3.63, 3.8) is 0 Å². The number of halogens is 1. The molecule has 4 nitrogen and oxygen atoms in total. The van der Waals surface area contributed by atoms with Crippen molar-refractivity contribution in [1.82, 2.24) is 0 Å². The molecule has 6 heteroatoms. The molecular formula is C27H29ClN2O2S. The van der Waals surface area contributed by atoms with Crippen LogP contribution in [-0.2, 0) is 12.8 Å². The predicted molar refractivity (Wildman–Crippen MR) is 138 cm³/mol. The first-order valence-corrected chi connectivity index (χ1v) is 12.4. The molecule has 1 atom stereocenters. The van der Waals surface area contributed by atoms with Crippen molar-refractivity contribution in [2.75, 3.05) is 10.6 Å². The number of hydrogen-bond donors (Lipinski definition) is 2. The van der Waals surface area contributed by atoms with E-state index in [-0.39, 0.29) is 17.2 Å². The zero-order valence-electron chi connectivity index (χ0n) is 19.4. The molecule has 3 aromatic rings. The molecule has 2 aromatic carbocycles. The fourth-order valence-corrected chi connectivity index (χ4v) is 5.93. The van der Waals surface area contributed by atoms with Gasteiger partial charge in [0.05, 0.1) is 16.1 Å². The van der Waals surface area contributed by atoms with Gasteiger partial charge in [0.25, 0.3) is 11.8 Å². The van der Waals surface area contributed by atoms with Crippen LogP contribution < -0.4 is 10.6 Å². The Hall–Kier alpha value is -2.63. The molecule has 4 rings (SSSR count). The Bertz CT molecular complexity index is 1210. The number of fused-ring (bicyclic) bond motifs is 1. The van der Waals surface area contributed by atoms with Gasteiger partial charge in [-0.3, -0.25) is 9.59 Å². The lowest BCUT2D eigenvalue weighted by Crippen LogP contribution is -2.27. The van der Waals surface area contributed by atoms with Crippen molar-refractivity contribution in [1.29, 1.82) is 0 Å². The minimum Gasteiger partial charge on any atom is -0.322 e. The number of nitrogens with one attached hydrogen (secondary N) is 2. The van der Waals surface area contributed by atoms with Crippen LogP contribution >= 0.6 is 22.9 Å². The van der Waals surface area contributed by atoms with Crippen LogP contribution in [0.1, 0.15) is 63.9 Å². The number of carbonyl (C=O) groups excluding carboxylic acids is 2. The fraction of sp³-hybridized carbons (Fsp3) is 0.333. The van der Waals surface area contributed by atoms with Crippen molar-refractivity contribution < 1.29 is 9.59 Å². The molecule has 0 bridgehead atoms. The van der Waals surface area contributed by atoms with Gasteiger partial charge in [-0.25, -0.2) is 0 Å². The van der Waals surface area contributed by atoms with Crippen LogP contribution in [0.15, 0.2) is 48.5 Å². The monoisotopic (exact) mass is 480 g/mol. The SMILES string of the molecule is Cc1cccc(NC(=O)c2c(NC(=O)c3ccccc3Cl)sc3c2CCC(C(C)(C)C)C3)c1. The van der Waals surface area contributed by atoms with Gasteiger partial charge in [0.1, 0.15) is 5.00 Å². The number of aryl methyl sites for hydroxylation is 1. The fourth-order valence-electron chi connectivity index (χ4n) is 4.39. The first-order chi connectivity index (χ1) is 15.6. The zero-order chi connectivity index (χ0) is 23.8. The van der Waals surface area contributed by atoms with E-state index in [9.17, 15) is 9.59 Å². The first-order valence-electron chi connectivity index (χ1n) is 11.2. The Morgan fingerprint density at radius 3 is 2.48 bits per heavy atom. The molecule has 0 saturated heterocycles. The van der Waals surface area contributed by atoms with Gasteiger partial charge in [-0.15, -0.1) is 11.3 Å². The molecule has 33 heavy (non-hydrogen) atoms. The van der Waals surface area contributed by atoms with Crippen molar-refractivity contribution in [2.45, 2.75) is 47.0 Å². The van der Waals surface area contributed by atoms with Crippen LogP contribution in [-0.4, -0.2) is 11.8 Å². The largest absolute Gasteiger partial charge is 0.322 e. The maximum Gasteiger partial charge on any atom is 0.258 e. The van der Waals surface area contributed by atoms with E-state index in [1.165, 1.54) is 16.2 Å². The maximum absolute atomic E-state index is 13.5. The number of hydrogen-bond acceptors (Lipinski definition) is 3. The zero-order valence-corrected chi connectivity index (χ0v) is 21.0. The lowest BCUT2D eigenvalue weighted by molar-refractivity contribution is 0.102. The second-order valence-electron chi connectivity index (χ2n) is 9.77. The van der Waals surface area contributed by atoms with Crippen molar-refractivity contribution in [3.8, 4) is 0 Å². The van der Waals surface area contributed by atoms with Crippen LogP contribution in [0.25, 0.3) is 0 Å². The summed E-state index contributed by atoms with van der Waals surface area (Å²) < 4.78 is 0. The minimum atomic E-state index is -0.309.